The zero-order valence-corrected chi connectivity index (χ0v) is 9.84. The van der Waals surface area contributed by atoms with Gasteiger partial charge in [0.1, 0.15) is 11.8 Å². The molecule has 0 bridgehead atoms. The number of ketones is 1. The highest BCUT2D eigenvalue weighted by Gasteiger charge is 2.24. The Kier molecular flexibility index (Phi) is 3.53. The van der Waals surface area contributed by atoms with Crippen LogP contribution in [-0.2, 0) is 0 Å². The maximum absolute atomic E-state index is 12.4. The van der Waals surface area contributed by atoms with Crippen LogP contribution < -0.4 is 5.73 Å². The van der Waals surface area contributed by atoms with Crippen molar-refractivity contribution in [1.82, 2.24) is 0 Å². The van der Waals surface area contributed by atoms with Crippen molar-refractivity contribution < 1.29 is 4.79 Å². The first kappa shape index (κ1) is 12.0. The van der Waals surface area contributed by atoms with Gasteiger partial charge in [0.05, 0.1) is 0 Å². The minimum Gasteiger partial charge on any atom is -0.387 e. The molecule has 2 aromatic rings. The Morgan fingerprint density at radius 3 is 1.94 bits per heavy atom. The molecule has 1 atom stereocenters. The second-order valence-corrected chi connectivity index (χ2v) is 4.03. The van der Waals surface area contributed by atoms with Gasteiger partial charge in [-0.05, 0) is 5.56 Å². The first-order chi connectivity index (χ1) is 8.70. The normalized spacial score (nSPS) is 11.8. The number of carbonyl (C=O) groups is 1. The van der Waals surface area contributed by atoms with Gasteiger partial charge in [0.15, 0.2) is 5.78 Å². The molecule has 0 aliphatic carbocycles. The van der Waals surface area contributed by atoms with Crippen LogP contribution in [0.2, 0.25) is 0 Å². The van der Waals surface area contributed by atoms with Crippen molar-refractivity contribution in [3.8, 4) is 0 Å². The lowest BCUT2D eigenvalue weighted by Crippen LogP contribution is -2.27. The summed E-state index contributed by atoms with van der Waals surface area (Å²) in [7, 11) is 0. The van der Waals surface area contributed by atoms with Gasteiger partial charge in [-0.2, -0.15) is 0 Å². The number of hydrogen-bond acceptors (Lipinski definition) is 2. The molecule has 2 aromatic carbocycles. The van der Waals surface area contributed by atoms with Gasteiger partial charge >= 0.3 is 0 Å². The maximum Gasteiger partial charge on any atom is 0.177 e. The number of rotatable bonds is 4. The Morgan fingerprint density at radius 2 is 1.44 bits per heavy atom. The first-order valence-electron chi connectivity index (χ1n) is 5.68. The summed E-state index contributed by atoms with van der Waals surface area (Å²) in [4.78, 5) is 12.4. The standard InChI is InChI=1S/C15H14N2O/c16-15(17)13(11-7-3-1-4-8-11)14(18)12-9-5-2-6-10-12/h1-10,13H,(H3,16,17). The fraction of sp³-hybridized carbons (Fsp3) is 0.0667. The molecular weight excluding hydrogens is 224 g/mol. The summed E-state index contributed by atoms with van der Waals surface area (Å²) in [6, 6.07) is 18.1. The van der Waals surface area contributed by atoms with Crippen LogP contribution in [0.1, 0.15) is 21.8 Å². The third-order valence-electron chi connectivity index (χ3n) is 2.76. The molecule has 0 radical (unpaired) electrons. The Hall–Kier alpha value is -2.42. The summed E-state index contributed by atoms with van der Waals surface area (Å²) in [5.74, 6) is -0.974. The van der Waals surface area contributed by atoms with E-state index in [9.17, 15) is 4.79 Å². The van der Waals surface area contributed by atoms with Crippen LogP contribution in [0, 0.1) is 5.41 Å². The van der Waals surface area contributed by atoms with Crippen LogP contribution in [-0.4, -0.2) is 11.6 Å². The number of nitrogens with two attached hydrogens (primary N) is 1. The second-order valence-electron chi connectivity index (χ2n) is 4.03. The lowest BCUT2D eigenvalue weighted by molar-refractivity contribution is 0.0982. The van der Waals surface area contributed by atoms with Crippen molar-refractivity contribution in [2.75, 3.05) is 0 Å². The fourth-order valence-corrected chi connectivity index (χ4v) is 1.89. The lowest BCUT2D eigenvalue weighted by Gasteiger charge is -2.14. The number of carbonyl (C=O) groups excluding carboxylic acids is 1. The molecule has 0 heterocycles. The van der Waals surface area contributed by atoms with Crippen LogP contribution in [0.25, 0.3) is 0 Å². The van der Waals surface area contributed by atoms with Crippen LogP contribution in [0.15, 0.2) is 60.7 Å². The van der Waals surface area contributed by atoms with E-state index >= 15 is 0 Å². The summed E-state index contributed by atoms with van der Waals surface area (Å²) >= 11 is 0. The molecule has 0 saturated carbocycles. The Bertz CT molecular complexity index is 549. The third-order valence-corrected chi connectivity index (χ3v) is 2.76. The summed E-state index contributed by atoms with van der Waals surface area (Å²) in [6.07, 6.45) is 0. The van der Waals surface area contributed by atoms with Gasteiger partial charge in [-0.15, -0.1) is 0 Å². The molecule has 0 aliphatic rings. The van der Waals surface area contributed by atoms with E-state index in [0.29, 0.717) is 5.56 Å². The monoisotopic (exact) mass is 238 g/mol. The summed E-state index contributed by atoms with van der Waals surface area (Å²) in [5.41, 5.74) is 6.89. The van der Waals surface area contributed by atoms with Gasteiger partial charge in [0.25, 0.3) is 0 Å². The predicted molar refractivity (Wildman–Crippen MR) is 71.9 cm³/mol. The SMILES string of the molecule is N=C(N)C(C(=O)c1ccccc1)c1ccccc1. The zero-order valence-electron chi connectivity index (χ0n) is 9.84. The number of Topliss-reactive ketones (excluding diaryl/α,β-unsaturated/α-hetero) is 1. The molecular formula is C15H14N2O. The fourth-order valence-electron chi connectivity index (χ4n) is 1.89. The third kappa shape index (κ3) is 2.46. The van der Waals surface area contributed by atoms with Gasteiger partial charge in [-0.1, -0.05) is 60.7 Å². The number of nitrogens with one attached hydrogen (secondary N) is 1. The van der Waals surface area contributed by atoms with Crippen molar-refractivity contribution >= 4 is 11.6 Å². The summed E-state index contributed by atoms with van der Waals surface area (Å²) < 4.78 is 0. The molecule has 18 heavy (non-hydrogen) atoms. The van der Waals surface area contributed by atoms with Crippen molar-refractivity contribution in [3.05, 3.63) is 71.8 Å². The van der Waals surface area contributed by atoms with Gasteiger partial charge in [0.2, 0.25) is 0 Å². The number of amidine groups is 1. The van der Waals surface area contributed by atoms with E-state index in [1.54, 1.807) is 24.3 Å². The van der Waals surface area contributed by atoms with Crippen molar-refractivity contribution in [2.45, 2.75) is 5.92 Å². The molecule has 3 heteroatoms. The van der Waals surface area contributed by atoms with E-state index in [0.717, 1.165) is 5.56 Å². The molecule has 0 spiro atoms. The lowest BCUT2D eigenvalue weighted by atomic mass is 9.90. The largest absolute Gasteiger partial charge is 0.387 e. The molecule has 1 unspecified atom stereocenters. The van der Waals surface area contributed by atoms with Gasteiger partial charge in [-0.3, -0.25) is 10.2 Å². The van der Waals surface area contributed by atoms with E-state index in [1.807, 2.05) is 36.4 Å². The molecule has 0 aliphatic heterocycles. The highest BCUT2D eigenvalue weighted by Crippen LogP contribution is 2.20. The average Bonchev–Trinajstić information content (AvgIpc) is 2.40. The van der Waals surface area contributed by atoms with Crippen LogP contribution >= 0.6 is 0 Å². The van der Waals surface area contributed by atoms with Crippen molar-refractivity contribution in [2.24, 2.45) is 5.73 Å². The molecule has 90 valence electrons. The minimum atomic E-state index is -0.700. The Morgan fingerprint density at radius 1 is 0.944 bits per heavy atom. The maximum atomic E-state index is 12.4. The van der Waals surface area contributed by atoms with E-state index in [2.05, 4.69) is 0 Å². The topological polar surface area (TPSA) is 66.9 Å². The van der Waals surface area contributed by atoms with E-state index < -0.39 is 5.92 Å². The quantitative estimate of drug-likeness (QED) is 0.488. The highest BCUT2D eigenvalue weighted by molar-refractivity contribution is 6.14. The molecule has 3 nitrogen and oxygen atoms in total. The first-order valence-corrected chi connectivity index (χ1v) is 5.68. The molecule has 0 aromatic heterocycles. The summed E-state index contributed by atoms with van der Waals surface area (Å²) in [5, 5.41) is 7.63. The minimum absolute atomic E-state index is 0.130. The van der Waals surface area contributed by atoms with E-state index in [1.165, 1.54) is 0 Å². The predicted octanol–water partition coefficient (Wildman–Crippen LogP) is 2.59. The van der Waals surface area contributed by atoms with Crippen LogP contribution in [0.4, 0.5) is 0 Å². The van der Waals surface area contributed by atoms with Crippen molar-refractivity contribution in [1.29, 1.82) is 5.41 Å². The second kappa shape index (κ2) is 5.27. The van der Waals surface area contributed by atoms with Gasteiger partial charge < -0.3 is 5.73 Å². The molecule has 3 N–H and O–H groups in total. The zero-order chi connectivity index (χ0) is 13.0. The van der Waals surface area contributed by atoms with Crippen molar-refractivity contribution in [3.63, 3.8) is 0 Å². The molecule has 0 saturated heterocycles. The van der Waals surface area contributed by atoms with E-state index in [4.69, 9.17) is 11.1 Å². The Labute approximate surface area is 106 Å². The summed E-state index contributed by atoms with van der Waals surface area (Å²) in [6.45, 7) is 0. The van der Waals surface area contributed by atoms with Crippen LogP contribution in [0.5, 0.6) is 0 Å². The van der Waals surface area contributed by atoms with Gasteiger partial charge in [-0.25, -0.2) is 0 Å². The molecule has 0 fully saturated rings. The van der Waals surface area contributed by atoms with E-state index in [-0.39, 0.29) is 11.6 Å². The number of hydrogen-bond donors (Lipinski definition) is 2. The highest BCUT2D eigenvalue weighted by atomic mass is 16.1. The van der Waals surface area contributed by atoms with Gasteiger partial charge in [0, 0.05) is 5.56 Å². The average molecular weight is 238 g/mol. The number of benzene rings is 2. The molecule has 2 rings (SSSR count). The Balaban J connectivity index is 2.39. The molecule has 0 amide bonds. The van der Waals surface area contributed by atoms with Crippen LogP contribution in [0.3, 0.4) is 0 Å². The smallest absolute Gasteiger partial charge is 0.177 e.